The van der Waals surface area contributed by atoms with Gasteiger partial charge in [0, 0.05) is 19.8 Å². The lowest BCUT2D eigenvalue weighted by atomic mass is 9.94. The molecule has 0 unspecified atom stereocenters. The molecule has 158 valence electrons. The van der Waals surface area contributed by atoms with Crippen LogP contribution < -0.4 is 10.1 Å². The Morgan fingerprint density at radius 2 is 2.07 bits per heavy atom. The van der Waals surface area contributed by atoms with Crippen molar-refractivity contribution < 1.29 is 33.3 Å². The number of nitrogens with zero attached hydrogens (tertiary/aromatic N) is 1. The SMILES string of the molecule is COCC(=O)Nc1ccc2c(c1)C(=O)N(C)[C@@H]1CC[C@@H](CC(=O)OC)O[C@H]1CO2. The molecule has 2 aliphatic heterocycles. The van der Waals surface area contributed by atoms with E-state index in [2.05, 4.69) is 5.32 Å². The molecule has 1 N–H and O–H groups in total. The third kappa shape index (κ3) is 4.86. The van der Waals surface area contributed by atoms with Crippen LogP contribution in [0, 0.1) is 0 Å². The maximum Gasteiger partial charge on any atom is 0.308 e. The monoisotopic (exact) mass is 406 g/mol. The highest BCUT2D eigenvalue weighted by Gasteiger charge is 2.39. The number of likely N-dealkylation sites (N-methyl/N-ethyl adjacent to an activating group) is 1. The van der Waals surface area contributed by atoms with E-state index in [9.17, 15) is 14.4 Å². The van der Waals surface area contributed by atoms with E-state index in [1.807, 2.05) is 0 Å². The second kappa shape index (κ2) is 9.23. The molecule has 3 rings (SSSR count). The summed E-state index contributed by atoms with van der Waals surface area (Å²) in [4.78, 5) is 38.1. The lowest BCUT2D eigenvalue weighted by molar-refractivity contribution is -0.151. The molecule has 0 aromatic heterocycles. The summed E-state index contributed by atoms with van der Waals surface area (Å²) in [5.41, 5.74) is 0.865. The molecule has 2 amide bonds. The van der Waals surface area contributed by atoms with Gasteiger partial charge in [-0.2, -0.15) is 0 Å². The fourth-order valence-electron chi connectivity index (χ4n) is 3.70. The van der Waals surface area contributed by atoms with Crippen LogP contribution in [0.1, 0.15) is 29.6 Å². The summed E-state index contributed by atoms with van der Waals surface area (Å²) in [5.74, 6) is -0.424. The molecule has 1 aromatic rings. The van der Waals surface area contributed by atoms with Gasteiger partial charge in [0.25, 0.3) is 5.91 Å². The molecule has 0 radical (unpaired) electrons. The van der Waals surface area contributed by atoms with Crippen molar-refractivity contribution in [3.8, 4) is 5.75 Å². The number of carbonyl (C=O) groups excluding carboxylic acids is 3. The fourth-order valence-corrected chi connectivity index (χ4v) is 3.70. The molecule has 2 heterocycles. The van der Waals surface area contributed by atoms with E-state index in [1.165, 1.54) is 14.2 Å². The zero-order chi connectivity index (χ0) is 21.0. The molecule has 29 heavy (non-hydrogen) atoms. The van der Waals surface area contributed by atoms with E-state index in [-0.39, 0.29) is 55.7 Å². The summed E-state index contributed by atoms with van der Waals surface area (Å²) in [6.07, 6.45) is 0.916. The molecular formula is C20H26N2O7. The maximum atomic E-state index is 13.1. The van der Waals surface area contributed by atoms with Crippen molar-refractivity contribution in [3.05, 3.63) is 23.8 Å². The first kappa shape index (κ1) is 21.1. The third-order valence-corrected chi connectivity index (χ3v) is 5.19. The molecule has 2 aliphatic rings. The van der Waals surface area contributed by atoms with Crippen LogP contribution in [0.3, 0.4) is 0 Å². The quantitative estimate of drug-likeness (QED) is 0.733. The molecular weight excluding hydrogens is 380 g/mol. The lowest BCUT2D eigenvalue weighted by Crippen LogP contribution is -2.53. The Morgan fingerprint density at radius 1 is 1.28 bits per heavy atom. The van der Waals surface area contributed by atoms with Crippen molar-refractivity contribution in [2.75, 3.05) is 39.8 Å². The van der Waals surface area contributed by atoms with Gasteiger partial charge in [0.15, 0.2) is 0 Å². The van der Waals surface area contributed by atoms with Crippen LogP contribution >= 0.6 is 0 Å². The summed E-state index contributed by atoms with van der Waals surface area (Å²) in [6, 6.07) is 4.75. The fraction of sp³-hybridized carbons (Fsp3) is 0.550. The minimum Gasteiger partial charge on any atom is -0.490 e. The average Bonchev–Trinajstić information content (AvgIpc) is 2.71. The topological polar surface area (TPSA) is 103 Å². The smallest absolute Gasteiger partial charge is 0.308 e. The predicted molar refractivity (Wildman–Crippen MR) is 103 cm³/mol. The van der Waals surface area contributed by atoms with E-state index in [1.54, 1.807) is 30.1 Å². The van der Waals surface area contributed by atoms with Crippen molar-refractivity contribution in [2.24, 2.45) is 0 Å². The Balaban J connectivity index is 1.77. The molecule has 0 spiro atoms. The number of methoxy groups -OCH3 is 2. The Morgan fingerprint density at radius 3 is 2.79 bits per heavy atom. The van der Waals surface area contributed by atoms with Crippen LogP contribution in [0.4, 0.5) is 5.69 Å². The van der Waals surface area contributed by atoms with Crippen LogP contribution in [0.15, 0.2) is 18.2 Å². The van der Waals surface area contributed by atoms with Crippen LogP contribution in [0.2, 0.25) is 0 Å². The van der Waals surface area contributed by atoms with Crippen molar-refractivity contribution >= 4 is 23.5 Å². The number of anilines is 1. The van der Waals surface area contributed by atoms with E-state index >= 15 is 0 Å². The van der Waals surface area contributed by atoms with E-state index < -0.39 is 0 Å². The summed E-state index contributed by atoms with van der Waals surface area (Å²) < 4.78 is 21.4. The van der Waals surface area contributed by atoms with Gasteiger partial charge in [-0.05, 0) is 31.0 Å². The maximum absolute atomic E-state index is 13.1. The van der Waals surface area contributed by atoms with Gasteiger partial charge in [0.1, 0.15) is 25.1 Å². The van der Waals surface area contributed by atoms with Gasteiger partial charge < -0.3 is 29.2 Å². The molecule has 3 atom stereocenters. The number of ether oxygens (including phenoxy) is 4. The zero-order valence-corrected chi connectivity index (χ0v) is 16.8. The van der Waals surface area contributed by atoms with E-state index in [4.69, 9.17) is 18.9 Å². The second-order valence-electron chi connectivity index (χ2n) is 7.14. The first-order valence-electron chi connectivity index (χ1n) is 9.48. The summed E-state index contributed by atoms with van der Waals surface area (Å²) in [7, 11) is 4.52. The van der Waals surface area contributed by atoms with Crippen molar-refractivity contribution in [2.45, 2.75) is 37.5 Å². The van der Waals surface area contributed by atoms with Gasteiger partial charge in [-0.25, -0.2) is 0 Å². The highest BCUT2D eigenvalue weighted by Crippen LogP contribution is 2.32. The predicted octanol–water partition coefficient (Wildman–Crippen LogP) is 1.22. The molecule has 1 aromatic carbocycles. The molecule has 9 nitrogen and oxygen atoms in total. The van der Waals surface area contributed by atoms with Crippen LogP contribution in [-0.2, 0) is 23.8 Å². The van der Waals surface area contributed by atoms with E-state index in [0.717, 1.165) is 0 Å². The Hall–Kier alpha value is -2.65. The van der Waals surface area contributed by atoms with Gasteiger partial charge in [0.05, 0.1) is 31.2 Å². The number of amides is 2. The number of hydrogen-bond acceptors (Lipinski definition) is 7. The Bertz CT molecular complexity index is 782. The Labute approximate surface area is 169 Å². The number of nitrogens with one attached hydrogen (secondary N) is 1. The second-order valence-corrected chi connectivity index (χ2v) is 7.14. The largest absolute Gasteiger partial charge is 0.490 e. The first-order chi connectivity index (χ1) is 13.9. The summed E-state index contributed by atoms with van der Waals surface area (Å²) in [5, 5.41) is 2.69. The molecule has 1 fully saturated rings. The van der Waals surface area contributed by atoms with Gasteiger partial charge in [-0.15, -0.1) is 0 Å². The number of carbonyl (C=O) groups is 3. The number of benzene rings is 1. The Kier molecular flexibility index (Phi) is 6.71. The molecule has 0 bridgehead atoms. The van der Waals surface area contributed by atoms with Crippen molar-refractivity contribution in [1.29, 1.82) is 0 Å². The number of rotatable bonds is 5. The molecule has 0 saturated carbocycles. The summed E-state index contributed by atoms with van der Waals surface area (Å²) >= 11 is 0. The number of fused-ring (bicyclic) bond motifs is 2. The van der Waals surface area contributed by atoms with Crippen molar-refractivity contribution in [3.63, 3.8) is 0 Å². The number of hydrogen-bond donors (Lipinski definition) is 1. The van der Waals surface area contributed by atoms with Gasteiger partial charge >= 0.3 is 5.97 Å². The van der Waals surface area contributed by atoms with E-state index in [0.29, 0.717) is 29.8 Å². The van der Waals surface area contributed by atoms with Crippen LogP contribution in [0.25, 0.3) is 0 Å². The normalized spacial score (nSPS) is 23.8. The summed E-state index contributed by atoms with van der Waals surface area (Å²) in [6.45, 7) is 0.178. The molecule has 9 heteroatoms. The average molecular weight is 406 g/mol. The first-order valence-corrected chi connectivity index (χ1v) is 9.48. The van der Waals surface area contributed by atoms with Gasteiger partial charge in [0.2, 0.25) is 5.91 Å². The lowest BCUT2D eigenvalue weighted by Gasteiger charge is -2.42. The zero-order valence-electron chi connectivity index (χ0n) is 16.8. The van der Waals surface area contributed by atoms with Crippen LogP contribution in [0.5, 0.6) is 5.75 Å². The van der Waals surface area contributed by atoms with Crippen molar-refractivity contribution in [1.82, 2.24) is 4.90 Å². The minimum absolute atomic E-state index is 0.0741. The van der Waals surface area contributed by atoms with Gasteiger partial charge in [-0.1, -0.05) is 0 Å². The highest BCUT2D eigenvalue weighted by atomic mass is 16.6. The van der Waals surface area contributed by atoms with Gasteiger partial charge in [-0.3, -0.25) is 14.4 Å². The number of esters is 1. The highest BCUT2D eigenvalue weighted by molar-refractivity contribution is 6.00. The molecule has 1 saturated heterocycles. The standard InChI is InChI=1S/C20H26N2O7/c1-22-15-6-5-13(9-19(24)27-3)29-17(15)10-28-16-7-4-12(8-14(16)20(22)25)21-18(23)11-26-2/h4,7-8,13,15,17H,5-6,9-11H2,1-3H3,(H,21,23)/t13-,15+,17-/m0/s1. The minimum atomic E-state index is -0.346. The van der Waals surface area contributed by atoms with Crippen LogP contribution in [-0.4, -0.2) is 75.4 Å². The molecule has 0 aliphatic carbocycles. The third-order valence-electron chi connectivity index (χ3n) is 5.19.